The molecule has 8 nitrogen and oxygen atoms in total. The number of hydrogen-bond donors (Lipinski definition) is 0. The van der Waals surface area contributed by atoms with Crippen molar-refractivity contribution in [1.29, 1.82) is 0 Å². The highest BCUT2D eigenvalue weighted by molar-refractivity contribution is 7.91. The van der Waals surface area contributed by atoms with E-state index < -0.39 is 38.8 Å². The van der Waals surface area contributed by atoms with E-state index in [1.54, 1.807) is 4.90 Å². The molecule has 4 aliphatic rings. The average Bonchev–Trinajstić information content (AvgIpc) is 3.40. The van der Waals surface area contributed by atoms with Gasteiger partial charge in [-0.2, -0.15) is 13.8 Å². The molecular formula is C26H29F3N4O4S. The summed E-state index contributed by atoms with van der Waals surface area (Å²) in [5.41, 5.74) is -0.380. The van der Waals surface area contributed by atoms with Crippen LogP contribution in [-0.2, 0) is 26.0 Å². The number of aromatic nitrogens is 2. The van der Waals surface area contributed by atoms with E-state index in [2.05, 4.69) is 15.0 Å². The molecule has 2 heterocycles. The van der Waals surface area contributed by atoms with Gasteiger partial charge in [-0.15, -0.1) is 0 Å². The van der Waals surface area contributed by atoms with Gasteiger partial charge in [-0.05, 0) is 75.0 Å². The molecule has 2 aromatic rings. The van der Waals surface area contributed by atoms with Crippen molar-refractivity contribution in [2.24, 2.45) is 11.3 Å². The predicted molar refractivity (Wildman–Crippen MR) is 132 cm³/mol. The predicted octanol–water partition coefficient (Wildman–Crippen LogP) is 5.32. The van der Waals surface area contributed by atoms with E-state index in [-0.39, 0.29) is 41.4 Å². The Balaban J connectivity index is 1.40. The molecule has 0 unspecified atom stereocenters. The third-order valence-corrected chi connectivity index (χ3v) is 10.4. The van der Waals surface area contributed by atoms with Gasteiger partial charge in [0.25, 0.3) is 5.89 Å². The van der Waals surface area contributed by atoms with E-state index >= 15 is 0 Å². The lowest BCUT2D eigenvalue weighted by molar-refractivity contribution is -0.123. The maximum absolute atomic E-state index is 14.4. The fourth-order valence-electron chi connectivity index (χ4n) is 6.22. The molecule has 3 aliphatic carbocycles. The first-order valence-electron chi connectivity index (χ1n) is 12.8. The Bertz CT molecular complexity index is 1360. The van der Waals surface area contributed by atoms with Crippen molar-refractivity contribution in [2.45, 2.75) is 69.6 Å². The molecule has 0 N–H and O–H groups in total. The highest BCUT2D eigenvalue weighted by Crippen LogP contribution is 2.58. The first-order valence-corrected chi connectivity index (χ1v) is 14.6. The molecule has 204 valence electrons. The van der Waals surface area contributed by atoms with Crippen LogP contribution in [0.4, 0.5) is 24.5 Å². The Morgan fingerprint density at radius 2 is 1.79 bits per heavy atom. The summed E-state index contributed by atoms with van der Waals surface area (Å²) in [5.74, 6) is -5.13. The van der Waals surface area contributed by atoms with Crippen LogP contribution in [0.5, 0.6) is 0 Å². The van der Waals surface area contributed by atoms with Crippen molar-refractivity contribution in [3.05, 3.63) is 47.1 Å². The van der Waals surface area contributed by atoms with Crippen molar-refractivity contribution in [1.82, 2.24) is 10.1 Å². The van der Waals surface area contributed by atoms with Crippen LogP contribution < -0.4 is 4.90 Å². The van der Waals surface area contributed by atoms with E-state index in [0.29, 0.717) is 63.5 Å². The van der Waals surface area contributed by atoms with Crippen molar-refractivity contribution in [2.75, 3.05) is 23.0 Å². The zero-order chi connectivity index (χ0) is 27.3. The number of benzene rings is 1. The number of halogens is 3. The summed E-state index contributed by atoms with van der Waals surface area (Å²) < 4.78 is 70.5. The van der Waals surface area contributed by atoms with Crippen molar-refractivity contribution in [3.63, 3.8) is 0 Å². The number of carbonyl (C=O) groups excluding carboxylic acids is 1. The molecular weight excluding hydrogens is 521 g/mol. The first kappa shape index (κ1) is 26.7. The smallest absolute Gasteiger partial charge is 0.322 e. The third kappa shape index (κ3) is 5.05. The van der Waals surface area contributed by atoms with Gasteiger partial charge in [0, 0.05) is 30.5 Å². The molecule has 4 fully saturated rings. The number of alkyl halides is 2. The standard InChI is InChI=1S/C26H29F3N4O4S/c1-24(28,29)23-31-22(32-37-23)26-8-5-25(6-9-26,7-10-26)16-33(20-14-18(27)13-19(15-20)30-2)21(34)17-3-11-38(35,36)12-4-17/h13-15,17H,3-12,16H2,1H3. The van der Waals surface area contributed by atoms with Gasteiger partial charge in [0.1, 0.15) is 15.7 Å². The number of anilines is 1. The fraction of sp³-hybridized carbons (Fsp3) is 0.615. The average molecular weight is 551 g/mol. The molecule has 2 bridgehead atoms. The van der Waals surface area contributed by atoms with E-state index in [4.69, 9.17) is 11.1 Å². The number of nitrogens with zero attached hydrogens (tertiary/aromatic N) is 4. The molecule has 0 radical (unpaired) electrons. The number of sulfone groups is 1. The van der Waals surface area contributed by atoms with Gasteiger partial charge in [0.15, 0.2) is 11.5 Å². The van der Waals surface area contributed by atoms with Crippen LogP contribution in [0.3, 0.4) is 0 Å². The molecule has 0 spiro atoms. The number of amides is 1. The summed E-state index contributed by atoms with van der Waals surface area (Å²) in [4.78, 5) is 22.7. The molecule has 1 aliphatic heterocycles. The van der Waals surface area contributed by atoms with E-state index in [0.717, 1.165) is 6.07 Å². The zero-order valence-corrected chi connectivity index (χ0v) is 21.9. The topological polar surface area (TPSA) is 97.7 Å². The van der Waals surface area contributed by atoms with Crippen LogP contribution in [0, 0.1) is 23.7 Å². The quantitative estimate of drug-likeness (QED) is 0.452. The van der Waals surface area contributed by atoms with Gasteiger partial charge in [-0.25, -0.2) is 17.7 Å². The van der Waals surface area contributed by atoms with Gasteiger partial charge in [0.05, 0.1) is 18.1 Å². The van der Waals surface area contributed by atoms with Gasteiger partial charge < -0.3 is 9.42 Å². The zero-order valence-electron chi connectivity index (χ0n) is 21.1. The van der Waals surface area contributed by atoms with Crippen LogP contribution in [0.2, 0.25) is 0 Å². The summed E-state index contributed by atoms with van der Waals surface area (Å²) in [7, 11) is -3.17. The number of rotatable bonds is 6. The Kier molecular flexibility index (Phi) is 6.57. The molecule has 6 rings (SSSR count). The van der Waals surface area contributed by atoms with Crippen molar-refractivity contribution in [3.8, 4) is 0 Å². The van der Waals surface area contributed by atoms with Crippen molar-refractivity contribution >= 4 is 27.1 Å². The SMILES string of the molecule is [C-]#[N+]c1cc(F)cc(N(CC23CCC(c4noc(C(C)(F)F)n4)(CC2)CC3)C(=O)C2CCS(=O)(=O)CC2)c1. The molecule has 38 heavy (non-hydrogen) atoms. The van der Waals surface area contributed by atoms with Crippen LogP contribution in [0.15, 0.2) is 22.7 Å². The molecule has 1 aromatic carbocycles. The van der Waals surface area contributed by atoms with Crippen LogP contribution in [-0.4, -0.2) is 42.5 Å². The first-order chi connectivity index (χ1) is 17.8. The highest BCUT2D eigenvalue weighted by atomic mass is 32.2. The van der Waals surface area contributed by atoms with Crippen molar-refractivity contribution < 1.29 is 30.9 Å². The van der Waals surface area contributed by atoms with E-state index in [1.807, 2.05) is 0 Å². The minimum atomic E-state index is -3.22. The summed E-state index contributed by atoms with van der Waals surface area (Å²) in [6, 6.07) is 3.84. The number of carbonyl (C=O) groups is 1. The van der Waals surface area contributed by atoms with Crippen LogP contribution in [0.1, 0.15) is 70.0 Å². The van der Waals surface area contributed by atoms with Gasteiger partial charge in [-0.1, -0.05) is 5.16 Å². The minimum Gasteiger partial charge on any atom is -0.333 e. The second-order valence-corrected chi connectivity index (χ2v) is 13.5. The maximum atomic E-state index is 14.4. The Hall–Kier alpha value is -2.94. The molecule has 3 saturated carbocycles. The summed E-state index contributed by atoms with van der Waals surface area (Å²) in [5, 5.41) is 3.89. The lowest BCUT2D eigenvalue weighted by Crippen LogP contribution is -2.52. The fourth-order valence-corrected chi connectivity index (χ4v) is 7.71. The van der Waals surface area contributed by atoms with Crippen LogP contribution in [0.25, 0.3) is 4.85 Å². The number of fused-ring (bicyclic) bond motifs is 3. The maximum Gasteiger partial charge on any atom is 0.322 e. The van der Waals surface area contributed by atoms with Gasteiger partial charge in [0.2, 0.25) is 5.91 Å². The summed E-state index contributed by atoms with van der Waals surface area (Å²) in [6.07, 6.45) is 4.40. The normalized spacial score (nSPS) is 27.1. The van der Waals surface area contributed by atoms with Gasteiger partial charge >= 0.3 is 5.92 Å². The second-order valence-electron chi connectivity index (χ2n) is 11.2. The summed E-state index contributed by atoms with van der Waals surface area (Å²) in [6.45, 7) is 8.34. The van der Waals surface area contributed by atoms with E-state index in [9.17, 15) is 26.4 Å². The van der Waals surface area contributed by atoms with E-state index in [1.165, 1.54) is 12.1 Å². The lowest BCUT2D eigenvalue weighted by atomic mass is 9.53. The Morgan fingerprint density at radius 1 is 1.16 bits per heavy atom. The third-order valence-electron chi connectivity index (χ3n) is 8.65. The molecule has 1 saturated heterocycles. The molecule has 1 aromatic heterocycles. The molecule has 12 heteroatoms. The Morgan fingerprint density at radius 3 is 2.34 bits per heavy atom. The van der Waals surface area contributed by atoms with Gasteiger partial charge in [-0.3, -0.25) is 4.79 Å². The second kappa shape index (κ2) is 9.36. The summed E-state index contributed by atoms with van der Waals surface area (Å²) >= 11 is 0. The lowest BCUT2D eigenvalue weighted by Gasteiger charge is -2.53. The number of hydrogen-bond acceptors (Lipinski definition) is 6. The molecule has 0 atom stereocenters. The molecule has 1 amide bonds. The monoisotopic (exact) mass is 550 g/mol. The minimum absolute atomic E-state index is 0.0646. The highest BCUT2D eigenvalue weighted by Gasteiger charge is 2.53. The largest absolute Gasteiger partial charge is 0.333 e. The Labute approximate surface area is 219 Å². The van der Waals surface area contributed by atoms with Crippen LogP contribution >= 0.6 is 0 Å².